The van der Waals surface area contributed by atoms with Gasteiger partial charge in [-0.3, -0.25) is 9.59 Å². The molecule has 6 heteroatoms. The number of benzene rings is 1. The fourth-order valence-corrected chi connectivity index (χ4v) is 1.51. The van der Waals surface area contributed by atoms with Gasteiger partial charge in [0.15, 0.2) is 0 Å². The van der Waals surface area contributed by atoms with E-state index in [1.165, 1.54) is 6.92 Å². The van der Waals surface area contributed by atoms with Gasteiger partial charge in [0.05, 0.1) is 16.2 Å². The van der Waals surface area contributed by atoms with E-state index in [0.717, 1.165) is 0 Å². The fourth-order valence-electron chi connectivity index (χ4n) is 1.28. The molecule has 0 saturated carbocycles. The first-order chi connectivity index (χ1) is 8.76. The molecule has 1 rings (SSSR count). The molecular weight excluding hydrogens is 266 g/mol. The Hall–Kier alpha value is -1.59. The Morgan fingerprint density at radius 1 is 1.21 bits per heavy atom. The number of carbonyl (C=O) groups is 2. The molecule has 0 aromatic heterocycles. The molecule has 0 unspecified atom stereocenters. The Balaban J connectivity index is 2.85. The Labute approximate surface area is 117 Å². The number of halogens is 1. The molecule has 0 aliphatic rings. The molecule has 0 fully saturated rings. The maximum Gasteiger partial charge on any atom is 0.244 e. The first kappa shape index (κ1) is 15.5. The van der Waals surface area contributed by atoms with E-state index in [1.807, 2.05) is 0 Å². The molecule has 0 saturated heterocycles. The average molecular weight is 284 g/mol. The van der Waals surface area contributed by atoms with Gasteiger partial charge in [-0.1, -0.05) is 11.6 Å². The van der Waals surface area contributed by atoms with Gasteiger partial charge in [0.1, 0.15) is 0 Å². The summed E-state index contributed by atoms with van der Waals surface area (Å²) >= 11 is 6.02. The van der Waals surface area contributed by atoms with E-state index in [0.29, 0.717) is 16.4 Å². The van der Waals surface area contributed by atoms with Crippen LogP contribution < -0.4 is 16.0 Å². The number of hydrogen-bond acceptors (Lipinski definition) is 3. The van der Waals surface area contributed by atoms with E-state index in [-0.39, 0.29) is 11.8 Å². The molecule has 0 bridgehead atoms. The van der Waals surface area contributed by atoms with Crippen molar-refractivity contribution in [2.24, 2.45) is 0 Å². The summed E-state index contributed by atoms with van der Waals surface area (Å²) in [6.07, 6.45) is 0. The molecule has 0 aliphatic carbocycles. The number of carbonyl (C=O) groups excluding carboxylic acids is 2. The van der Waals surface area contributed by atoms with Crippen molar-refractivity contribution < 1.29 is 9.59 Å². The molecule has 104 valence electrons. The molecule has 0 radical (unpaired) electrons. The zero-order chi connectivity index (χ0) is 14.6. The minimum Gasteiger partial charge on any atom is -0.325 e. The van der Waals surface area contributed by atoms with Gasteiger partial charge in [-0.15, -0.1) is 0 Å². The van der Waals surface area contributed by atoms with Crippen molar-refractivity contribution in [2.75, 3.05) is 17.7 Å². The highest BCUT2D eigenvalue weighted by Crippen LogP contribution is 2.25. The number of hydrogen-bond donors (Lipinski definition) is 3. The Morgan fingerprint density at radius 2 is 1.84 bits per heavy atom. The number of nitrogens with one attached hydrogen (secondary N) is 3. The fraction of sp³-hybridized carbons (Fsp3) is 0.385. The molecular formula is C13H18ClN3O2. The Morgan fingerprint density at radius 3 is 2.32 bits per heavy atom. The molecule has 0 heterocycles. The normalized spacial score (nSPS) is 11.0. The van der Waals surface area contributed by atoms with Crippen molar-refractivity contribution in [2.45, 2.75) is 26.3 Å². The number of amides is 2. The van der Waals surface area contributed by atoms with E-state index >= 15 is 0 Å². The quantitative estimate of drug-likeness (QED) is 0.794. The standard InChI is InChI=1S/C13H18ClN3O2/c1-8(18)16-11-6-5-9(7-10(11)14)17-12(19)13(2,3)15-4/h5-7,15H,1-4H3,(H,16,18)(H,17,19). The molecule has 0 spiro atoms. The second-order valence-corrected chi connectivity index (χ2v) is 5.11. The van der Waals surface area contributed by atoms with Gasteiger partial charge in [-0.2, -0.15) is 0 Å². The SMILES string of the molecule is CNC(C)(C)C(=O)Nc1ccc(NC(C)=O)c(Cl)c1. The third-order valence-electron chi connectivity index (χ3n) is 2.73. The van der Waals surface area contributed by atoms with Crippen LogP contribution in [0.1, 0.15) is 20.8 Å². The Bertz CT molecular complexity index is 501. The minimum absolute atomic E-state index is 0.168. The monoisotopic (exact) mass is 283 g/mol. The van der Waals surface area contributed by atoms with Crippen molar-refractivity contribution in [1.29, 1.82) is 0 Å². The summed E-state index contributed by atoms with van der Waals surface area (Å²) in [7, 11) is 1.71. The van der Waals surface area contributed by atoms with E-state index in [4.69, 9.17) is 11.6 Å². The molecule has 1 aromatic rings. The van der Waals surface area contributed by atoms with Crippen LogP contribution in [-0.4, -0.2) is 24.4 Å². The summed E-state index contributed by atoms with van der Waals surface area (Å²) < 4.78 is 0. The molecule has 2 amide bonds. The van der Waals surface area contributed by atoms with Crippen LogP contribution in [0.3, 0.4) is 0 Å². The molecule has 1 aromatic carbocycles. The van der Waals surface area contributed by atoms with Gasteiger partial charge in [-0.25, -0.2) is 0 Å². The lowest BCUT2D eigenvalue weighted by molar-refractivity contribution is -0.121. The van der Waals surface area contributed by atoms with Crippen LogP contribution >= 0.6 is 11.6 Å². The van der Waals surface area contributed by atoms with Crippen LogP contribution in [0.15, 0.2) is 18.2 Å². The van der Waals surface area contributed by atoms with Gasteiger partial charge in [-0.05, 0) is 39.1 Å². The van der Waals surface area contributed by atoms with E-state index in [2.05, 4.69) is 16.0 Å². The van der Waals surface area contributed by atoms with Crippen molar-refractivity contribution in [3.05, 3.63) is 23.2 Å². The number of likely N-dealkylation sites (N-methyl/N-ethyl adjacent to an activating group) is 1. The van der Waals surface area contributed by atoms with Crippen molar-refractivity contribution in [3.63, 3.8) is 0 Å². The molecule has 0 atom stereocenters. The summed E-state index contributed by atoms with van der Waals surface area (Å²) in [6.45, 7) is 4.95. The highest BCUT2D eigenvalue weighted by Gasteiger charge is 2.25. The van der Waals surface area contributed by atoms with Crippen molar-refractivity contribution in [3.8, 4) is 0 Å². The molecule has 3 N–H and O–H groups in total. The lowest BCUT2D eigenvalue weighted by Crippen LogP contribution is -2.47. The molecule has 0 aliphatic heterocycles. The smallest absolute Gasteiger partial charge is 0.244 e. The summed E-state index contributed by atoms with van der Waals surface area (Å²) in [4.78, 5) is 22.9. The van der Waals surface area contributed by atoms with E-state index < -0.39 is 5.54 Å². The van der Waals surface area contributed by atoms with Gasteiger partial charge >= 0.3 is 0 Å². The predicted molar refractivity (Wildman–Crippen MR) is 77.5 cm³/mol. The highest BCUT2D eigenvalue weighted by molar-refractivity contribution is 6.34. The predicted octanol–water partition coefficient (Wildman–Crippen LogP) is 2.23. The van der Waals surface area contributed by atoms with Crippen molar-refractivity contribution in [1.82, 2.24) is 5.32 Å². The minimum atomic E-state index is -0.678. The van der Waals surface area contributed by atoms with Crippen LogP contribution in [0.5, 0.6) is 0 Å². The summed E-state index contributed by atoms with van der Waals surface area (Å²) in [5, 5.41) is 8.64. The number of anilines is 2. The lowest BCUT2D eigenvalue weighted by Gasteiger charge is -2.22. The lowest BCUT2D eigenvalue weighted by atomic mass is 10.1. The maximum atomic E-state index is 12.0. The maximum absolute atomic E-state index is 12.0. The van der Waals surface area contributed by atoms with Gasteiger partial charge in [0.2, 0.25) is 11.8 Å². The third kappa shape index (κ3) is 4.22. The first-order valence-electron chi connectivity index (χ1n) is 5.84. The molecule has 5 nitrogen and oxygen atoms in total. The summed E-state index contributed by atoms with van der Waals surface area (Å²) in [5.74, 6) is -0.367. The third-order valence-corrected chi connectivity index (χ3v) is 3.04. The van der Waals surface area contributed by atoms with Crippen LogP contribution in [0.4, 0.5) is 11.4 Å². The summed E-state index contributed by atoms with van der Waals surface area (Å²) in [6, 6.07) is 4.92. The summed E-state index contributed by atoms with van der Waals surface area (Å²) in [5.41, 5.74) is 0.412. The second kappa shape index (κ2) is 6.04. The van der Waals surface area contributed by atoms with E-state index in [9.17, 15) is 9.59 Å². The molecule has 19 heavy (non-hydrogen) atoms. The van der Waals surface area contributed by atoms with Crippen LogP contribution in [0.25, 0.3) is 0 Å². The number of rotatable bonds is 4. The first-order valence-corrected chi connectivity index (χ1v) is 6.21. The van der Waals surface area contributed by atoms with Crippen LogP contribution in [0.2, 0.25) is 5.02 Å². The van der Waals surface area contributed by atoms with Crippen molar-refractivity contribution >= 4 is 34.8 Å². The topological polar surface area (TPSA) is 70.2 Å². The second-order valence-electron chi connectivity index (χ2n) is 4.70. The zero-order valence-corrected chi connectivity index (χ0v) is 12.2. The van der Waals surface area contributed by atoms with E-state index in [1.54, 1.807) is 39.1 Å². The van der Waals surface area contributed by atoms with Gasteiger partial charge in [0, 0.05) is 12.6 Å². The van der Waals surface area contributed by atoms with Crippen LogP contribution in [-0.2, 0) is 9.59 Å². The zero-order valence-electron chi connectivity index (χ0n) is 11.4. The average Bonchev–Trinajstić information content (AvgIpc) is 2.32. The highest BCUT2D eigenvalue weighted by atomic mass is 35.5. The van der Waals surface area contributed by atoms with Gasteiger partial charge in [0.25, 0.3) is 0 Å². The largest absolute Gasteiger partial charge is 0.325 e. The van der Waals surface area contributed by atoms with Crippen LogP contribution in [0, 0.1) is 0 Å². The van der Waals surface area contributed by atoms with Gasteiger partial charge < -0.3 is 16.0 Å². The Kier molecular flexibility index (Phi) is 4.91.